The van der Waals surface area contributed by atoms with Crippen LogP contribution in [0.4, 0.5) is 5.69 Å². The molecule has 0 radical (unpaired) electrons. The molecule has 0 unspecified atom stereocenters. The van der Waals surface area contributed by atoms with Crippen molar-refractivity contribution in [1.82, 2.24) is 10.2 Å². The number of nitrogens with zero attached hydrogens (tertiary/aromatic N) is 1. The molecule has 2 N–H and O–H groups in total. The zero-order chi connectivity index (χ0) is 26.7. The van der Waals surface area contributed by atoms with E-state index in [1.54, 1.807) is 25.3 Å². The minimum absolute atomic E-state index is 0.104. The van der Waals surface area contributed by atoms with Crippen LogP contribution in [0, 0.1) is 0 Å². The van der Waals surface area contributed by atoms with Gasteiger partial charge in [0.1, 0.15) is 0 Å². The second kappa shape index (κ2) is 13.6. The van der Waals surface area contributed by atoms with E-state index in [1.807, 2.05) is 59.5 Å². The van der Waals surface area contributed by atoms with E-state index in [2.05, 4.69) is 10.6 Å². The van der Waals surface area contributed by atoms with Crippen LogP contribution in [0.3, 0.4) is 0 Å². The summed E-state index contributed by atoms with van der Waals surface area (Å²) < 4.78 is 10.3. The van der Waals surface area contributed by atoms with Gasteiger partial charge in [-0.25, -0.2) is 0 Å². The fourth-order valence-electron chi connectivity index (χ4n) is 4.27. The number of carbonyl (C=O) groups is 3. The van der Waals surface area contributed by atoms with Gasteiger partial charge in [-0.1, -0.05) is 60.7 Å². The van der Waals surface area contributed by atoms with Crippen molar-refractivity contribution < 1.29 is 23.9 Å². The highest BCUT2D eigenvalue weighted by molar-refractivity contribution is 6.07. The fourth-order valence-corrected chi connectivity index (χ4v) is 4.27. The molecule has 8 nitrogen and oxygen atoms in total. The van der Waals surface area contributed by atoms with E-state index in [0.717, 1.165) is 16.7 Å². The Morgan fingerprint density at radius 2 is 1.63 bits per heavy atom. The quantitative estimate of drug-likeness (QED) is 0.300. The minimum Gasteiger partial charge on any atom is -0.383 e. The van der Waals surface area contributed by atoms with Gasteiger partial charge in [0.15, 0.2) is 5.78 Å². The number of hydrogen-bond acceptors (Lipinski definition) is 6. The predicted molar refractivity (Wildman–Crippen MR) is 146 cm³/mol. The number of Topliss-reactive ketones (excluding diaryl/α,β-unsaturated/α-hetero) is 1. The molecule has 3 aromatic carbocycles. The van der Waals surface area contributed by atoms with E-state index in [4.69, 9.17) is 9.47 Å². The second-order valence-corrected chi connectivity index (χ2v) is 9.11. The molecule has 0 saturated carbocycles. The summed E-state index contributed by atoms with van der Waals surface area (Å²) >= 11 is 0. The van der Waals surface area contributed by atoms with Gasteiger partial charge in [0, 0.05) is 38.7 Å². The molecule has 198 valence electrons. The normalized spacial score (nSPS) is 13.6. The van der Waals surface area contributed by atoms with Crippen LogP contribution in [0.15, 0.2) is 72.8 Å². The molecule has 0 bridgehead atoms. The van der Waals surface area contributed by atoms with Crippen LogP contribution in [0.5, 0.6) is 0 Å². The number of anilines is 1. The van der Waals surface area contributed by atoms with Crippen molar-refractivity contribution in [2.45, 2.75) is 6.42 Å². The third-order valence-electron chi connectivity index (χ3n) is 6.35. The van der Waals surface area contributed by atoms with Crippen LogP contribution >= 0.6 is 0 Å². The van der Waals surface area contributed by atoms with Crippen molar-refractivity contribution in [3.05, 3.63) is 89.5 Å². The summed E-state index contributed by atoms with van der Waals surface area (Å²) in [5, 5.41) is 5.62. The van der Waals surface area contributed by atoms with Crippen LogP contribution < -0.4 is 10.6 Å². The summed E-state index contributed by atoms with van der Waals surface area (Å²) in [5.74, 6) is -0.703. The monoisotopic (exact) mass is 515 g/mol. The Balaban J connectivity index is 1.48. The lowest BCUT2D eigenvalue weighted by Crippen LogP contribution is -2.41. The average molecular weight is 516 g/mol. The van der Waals surface area contributed by atoms with Crippen molar-refractivity contribution in [3.8, 4) is 11.1 Å². The van der Waals surface area contributed by atoms with Gasteiger partial charge in [-0.2, -0.15) is 0 Å². The summed E-state index contributed by atoms with van der Waals surface area (Å²) in [5.41, 5.74) is 4.10. The van der Waals surface area contributed by atoms with Gasteiger partial charge < -0.3 is 20.1 Å². The molecule has 8 heteroatoms. The van der Waals surface area contributed by atoms with Gasteiger partial charge in [-0.15, -0.1) is 0 Å². The van der Waals surface area contributed by atoms with Crippen LogP contribution in [-0.4, -0.2) is 75.6 Å². The van der Waals surface area contributed by atoms with Crippen LogP contribution in [0.2, 0.25) is 0 Å². The number of amides is 2. The maximum absolute atomic E-state index is 13.2. The lowest BCUT2D eigenvalue weighted by molar-refractivity contribution is -0.118. The van der Waals surface area contributed by atoms with Crippen LogP contribution in [0.25, 0.3) is 11.1 Å². The number of benzene rings is 3. The zero-order valence-electron chi connectivity index (χ0n) is 21.6. The summed E-state index contributed by atoms with van der Waals surface area (Å²) in [4.78, 5) is 40.8. The van der Waals surface area contributed by atoms with E-state index in [1.165, 1.54) is 0 Å². The first-order valence-corrected chi connectivity index (χ1v) is 12.7. The highest BCUT2D eigenvalue weighted by atomic mass is 16.5. The van der Waals surface area contributed by atoms with E-state index >= 15 is 0 Å². The predicted octanol–water partition coefficient (Wildman–Crippen LogP) is 3.43. The summed E-state index contributed by atoms with van der Waals surface area (Å²) in [7, 11) is 1.55. The SMILES string of the molecule is COCCNC(=O)c1ccc(C(=O)Cc2ccc(-c3ccccc3)cc2)cc1NC(=O)CN1CCOCC1. The van der Waals surface area contributed by atoms with Crippen molar-refractivity contribution in [3.63, 3.8) is 0 Å². The van der Waals surface area contributed by atoms with Gasteiger partial charge in [-0.05, 0) is 28.8 Å². The summed E-state index contributed by atoms with van der Waals surface area (Å²) in [6.07, 6.45) is 0.204. The maximum atomic E-state index is 13.2. The Morgan fingerprint density at radius 1 is 0.921 bits per heavy atom. The van der Waals surface area contributed by atoms with Crippen molar-refractivity contribution in [1.29, 1.82) is 0 Å². The van der Waals surface area contributed by atoms with E-state index in [0.29, 0.717) is 56.3 Å². The molecule has 4 rings (SSSR count). The first-order chi connectivity index (χ1) is 18.5. The standard InChI is InChI=1S/C30H33N3O5/c1-37-16-13-31-30(36)26-12-11-25(20-27(26)32-29(35)21-33-14-17-38-18-15-33)28(34)19-22-7-9-24(10-8-22)23-5-3-2-4-6-23/h2-12,20H,13-19,21H2,1H3,(H,31,36)(H,32,35). The lowest BCUT2D eigenvalue weighted by Gasteiger charge is -2.26. The number of nitrogens with one attached hydrogen (secondary N) is 2. The van der Waals surface area contributed by atoms with Gasteiger partial charge in [-0.3, -0.25) is 19.3 Å². The Bertz CT molecular complexity index is 1240. The number of hydrogen-bond donors (Lipinski definition) is 2. The Kier molecular flexibility index (Phi) is 9.75. The molecule has 3 aromatic rings. The maximum Gasteiger partial charge on any atom is 0.253 e. The average Bonchev–Trinajstić information content (AvgIpc) is 2.94. The molecular formula is C30H33N3O5. The second-order valence-electron chi connectivity index (χ2n) is 9.11. The number of rotatable bonds is 11. The van der Waals surface area contributed by atoms with Gasteiger partial charge in [0.2, 0.25) is 5.91 Å². The third kappa shape index (κ3) is 7.58. The van der Waals surface area contributed by atoms with E-state index < -0.39 is 0 Å². The largest absolute Gasteiger partial charge is 0.383 e. The molecule has 2 amide bonds. The van der Waals surface area contributed by atoms with Gasteiger partial charge >= 0.3 is 0 Å². The summed E-state index contributed by atoms with van der Waals surface area (Å²) in [6.45, 7) is 3.37. The van der Waals surface area contributed by atoms with E-state index in [-0.39, 0.29) is 30.6 Å². The Labute approximate surface area is 222 Å². The summed E-state index contributed by atoms with van der Waals surface area (Å²) in [6, 6.07) is 22.7. The van der Waals surface area contributed by atoms with Crippen molar-refractivity contribution in [2.24, 2.45) is 0 Å². The molecule has 0 aliphatic carbocycles. The number of ether oxygens (including phenoxy) is 2. The zero-order valence-corrected chi connectivity index (χ0v) is 21.6. The minimum atomic E-state index is -0.348. The molecule has 1 aliphatic heterocycles. The lowest BCUT2D eigenvalue weighted by atomic mass is 9.98. The Morgan fingerprint density at radius 3 is 2.34 bits per heavy atom. The smallest absolute Gasteiger partial charge is 0.253 e. The number of methoxy groups -OCH3 is 1. The number of morpholine rings is 1. The number of carbonyl (C=O) groups excluding carboxylic acids is 3. The van der Waals surface area contributed by atoms with Crippen molar-refractivity contribution >= 4 is 23.3 Å². The van der Waals surface area contributed by atoms with Gasteiger partial charge in [0.05, 0.1) is 37.6 Å². The fraction of sp³-hybridized carbons (Fsp3) is 0.300. The molecule has 0 atom stereocenters. The first kappa shape index (κ1) is 27.2. The molecular weight excluding hydrogens is 482 g/mol. The van der Waals surface area contributed by atoms with Crippen LogP contribution in [0.1, 0.15) is 26.3 Å². The molecule has 38 heavy (non-hydrogen) atoms. The molecule has 1 fully saturated rings. The number of ketones is 1. The topological polar surface area (TPSA) is 97.0 Å². The molecule has 0 aromatic heterocycles. The molecule has 1 heterocycles. The highest BCUT2D eigenvalue weighted by Crippen LogP contribution is 2.22. The molecule has 0 spiro atoms. The molecule has 1 aliphatic rings. The van der Waals surface area contributed by atoms with Crippen molar-refractivity contribution in [2.75, 3.05) is 58.4 Å². The highest BCUT2D eigenvalue weighted by Gasteiger charge is 2.19. The van der Waals surface area contributed by atoms with Gasteiger partial charge in [0.25, 0.3) is 5.91 Å². The Hall–Kier alpha value is -3.85. The van der Waals surface area contributed by atoms with Crippen LogP contribution in [-0.2, 0) is 20.7 Å². The molecule has 1 saturated heterocycles. The van der Waals surface area contributed by atoms with E-state index in [9.17, 15) is 14.4 Å². The third-order valence-corrected chi connectivity index (χ3v) is 6.35. The first-order valence-electron chi connectivity index (χ1n) is 12.7.